The van der Waals surface area contributed by atoms with Crippen molar-refractivity contribution in [1.29, 1.82) is 0 Å². The Bertz CT molecular complexity index is 1230. The van der Waals surface area contributed by atoms with E-state index < -0.39 is 16.8 Å². The third-order valence-corrected chi connectivity index (χ3v) is 6.14. The van der Waals surface area contributed by atoms with Gasteiger partial charge in [-0.15, -0.1) is 11.3 Å². The quantitative estimate of drug-likeness (QED) is 0.221. The first-order chi connectivity index (χ1) is 14.7. The number of ether oxygens (including phenoxy) is 1. The van der Waals surface area contributed by atoms with E-state index in [9.17, 15) is 19.7 Å². The van der Waals surface area contributed by atoms with Crippen molar-refractivity contribution in [3.8, 4) is 0 Å². The second kappa shape index (κ2) is 9.25. The van der Waals surface area contributed by atoms with Gasteiger partial charge in [0.05, 0.1) is 22.6 Å². The van der Waals surface area contributed by atoms with E-state index in [0.717, 1.165) is 4.70 Å². The Morgan fingerprint density at radius 2 is 1.97 bits per heavy atom. The molecule has 12 heteroatoms. The molecule has 1 amide bonds. The molecule has 160 valence electrons. The molecule has 31 heavy (non-hydrogen) atoms. The highest BCUT2D eigenvalue weighted by Gasteiger charge is 2.19. The average Bonchev–Trinajstić information content (AvgIpc) is 3.07. The van der Waals surface area contributed by atoms with Crippen LogP contribution in [-0.4, -0.2) is 29.0 Å². The second-order valence-electron chi connectivity index (χ2n) is 6.19. The zero-order chi connectivity index (χ0) is 22.7. The van der Waals surface area contributed by atoms with Crippen LogP contribution in [0.1, 0.15) is 25.6 Å². The van der Waals surface area contributed by atoms with Crippen LogP contribution in [0.3, 0.4) is 0 Å². The highest BCUT2D eigenvalue weighted by Crippen LogP contribution is 2.37. The molecule has 0 aliphatic heterocycles. The minimum atomic E-state index is -0.575. The number of nitro groups is 1. The Labute approximate surface area is 190 Å². The molecule has 2 aromatic carbocycles. The van der Waals surface area contributed by atoms with Gasteiger partial charge in [0.2, 0.25) is 0 Å². The summed E-state index contributed by atoms with van der Waals surface area (Å²) in [7, 11) is 1.28. The van der Waals surface area contributed by atoms with Gasteiger partial charge in [-0.05, 0) is 43.4 Å². The summed E-state index contributed by atoms with van der Waals surface area (Å²) < 4.78 is 5.47. The first kappa shape index (κ1) is 22.4. The molecule has 3 aromatic rings. The van der Waals surface area contributed by atoms with E-state index in [1.165, 1.54) is 43.6 Å². The Hall–Kier alpha value is -3.28. The fourth-order valence-electron chi connectivity index (χ4n) is 2.78. The van der Waals surface area contributed by atoms with Crippen LogP contribution in [0.4, 0.5) is 11.4 Å². The highest BCUT2D eigenvalue weighted by molar-refractivity contribution is 7.80. The van der Waals surface area contributed by atoms with Crippen LogP contribution in [0, 0.1) is 17.0 Å². The van der Waals surface area contributed by atoms with Crippen LogP contribution in [0.2, 0.25) is 5.02 Å². The molecule has 3 rings (SSSR count). The molecule has 0 aliphatic carbocycles. The molecule has 0 spiro atoms. The number of halogens is 1. The van der Waals surface area contributed by atoms with Crippen molar-refractivity contribution >= 4 is 73.6 Å². The summed E-state index contributed by atoms with van der Waals surface area (Å²) in [4.78, 5) is 34.9. The molecule has 1 heterocycles. The first-order valence-corrected chi connectivity index (χ1v) is 10.2. The summed E-state index contributed by atoms with van der Waals surface area (Å²) in [6.07, 6.45) is 0. The predicted octanol–water partition coefficient (Wildman–Crippen LogP) is 4.19. The van der Waals surface area contributed by atoms with Crippen LogP contribution >= 0.6 is 35.2 Å². The lowest BCUT2D eigenvalue weighted by Gasteiger charge is -2.12. The van der Waals surface area contributed by atoms with Crippen molar-refractivity contribution in [2.24, 2.45) is 0 Å². The smallest absolute Gasteiger partial charge is 0.349 e. The SMILES string of the molecule is COC(=O)c1sc2cc(NC(=S)NNC(=O)c3cccc([N+](=O)[O-])c3C)ccc2c1Cl. The molecular formula is C19H15ClN4O5S2. The summed E-state index contributed by atoms with van der Waals surface area (Å²) in [6, 6.07) is 9.42. The number of fused-ring (bicyclic) bond motifs is 1. The number of hydrogen-bond donors (Lipinski definition) is 3. The number of carbonyl (C=O) groups excluding carboxylic acids is 2. The van der Waals surface area contributed by atoms with Crippen LogP contribution in [0.5, 0.6) is 0 Å². The maximum atomic E-state index is 12.4. The average molecular weight is 479 g/mol. The van der Waals surface area contributed by atoms with Crippen molar-refractivity contribution in [2.45, 2.75) is 6.92 Å². The van der Waals surface area contributed by atoms with Crippen molar-refractivity contribution < 1.29 is 19.2 Å². The third kappa shape index (κ3) is 4.74. The number of nitro benzene ring substituents is 1. The maximum absolute atomic E-state index is 12.4. The monoisotopic (exact) mass is 478 g/mol. The molecule has 0 aliphatic rings. The summed E-state index contributed by atoms with van der Waals surface area (Å²) in [6.45, 7) is 1.49. The van der Waals surface area contributed by atoms with Crippen LogP contribution in [0.25, 0.3) is 10.1 Å². The van der Waals surface area contributed by atoms with E-state index in [1.807, 2.05) is 0 Å². The van der Waals surface area contributed by atoms with E-state index in [2.05, 4.69) is 16.2 Å². The Kier molecular flexibility index (Phi) is 6.68. The lowest BCUT2D eigenvalue weighted by Crippen LogP contribution is -2.44. The Balaban J connectivity index is 1.68. The molecule has 9 nitrogen and oxygen atoms in total. The molecule has 0 radical (unpaired) electrons. The minimum Gasteiger partial charge on any atom is -0.465 e. The number of thiophene rings is 1. The molecular weight excluding hydrogens is 464 g/mol. The summed E-state index contributed by atoms with van der Waals surface area (Å²) >= 11 is 12.6. The summed E-state index contributed by atoms with van der Waals surface area (Å²) in [5, 5.41) is 15.0. The van der Waals surface area contributed by atoms with Gasteiger partial charge >= 0.3 is 5.97 Å². The predicted molar refractivity (Wildman–Crippen MR) is 123 cm³/mol. The number of carbonyl (C=O) groups is 2. The topological polar surface area (TPSA) is 123 Å². The van der Waals surface area contributed by atoms with Gasteiger partial charge in [0, 0.05) is 27.4 Å². The maximum Gasteiger partial charge on any atom is 0.349 e. The zero-order valence-corrected chi connectivity index (χ0v) is 18.5. The van der Waals surface area contributed by atoms with E-state index >= 15 is 0 Å². The van der Waals surface area contributed by atoms with E-state index in [4.69, 9.17) is 28.6 Å². The van der Waals surface area contributed by atoms with E-state index in [-0.39, 0.29) is 21.9 Å². The van der Waals surface area contributed by atoms with Crippen molar-refractivity contribution in [3.63, 3.8) is 0 Å². The first-order valence-electron chi connectivity index (χ1n) is 8.64. The van der Waals surface area contributed by atoms with Crippen molar-refractivity contribution in [3.05, 3.63) is 67.5 Å². The Morgan fingerprint density at radius 3 is 2.65 bits per heavy atom. The largest absolute Gasteiger partial charge is 0.465 e. The molecule has 0 bridgehead atoms. The molecule has 0 saturated heterocycles. The van der Waals surface area contributed by atoms with Gasteiger partial charge in [-0.3, -0.25) is 25.8 Å². The molecule has 3 N–H and O–H groups in total. The number of amides is 1. The third-order valence-electron chi connectivity index (χ3n) is 4.29. The number of benzene rings is 2. The molecule has 0 atom stereocenters. The van der Waals surface area contributed by atoms with Gasteiger partial charge in [-0.1, -0.05) is 17.7 Å². The normalized spacial score (nSPS) is 10.4. The van der Waals surface area contributed by atoms with Crippen molar-refractivity contribution in [2.75, 3.05) is 12.4 Å². The van der Waals surface area contributed by atoms with Gasteiger partial charge in [0.15, 0.2) is 5.11 Å². The van der Waals surface area contributed by atoms with Crippen molar-refractivity contribution in [1.82, 2.24) is 10.9 Å². The summed E-state index contributed by atoms with van der Waals surface area (Å²) in [5.74, 6) is -1.09. The van der Waals surface area contributed by atoms with Crippen LogP contribution in [-0.2, 0) is 4.74 Å². The van der Waals surface area contributed by atoms with Gasteiger partial charge in [0.1, 0.15) is 4.88 Å². The van der Waals surface area contributed by atoms with Gasteiger partial charge in [0.25, 0.3) is 11.6 Å². The number of esters is 1. The Morgan fingerprint density at radius 1 is 1.23 bits per heavy atom. The highest BCUT2D eigenvalue weighted by atomic mass is 35.5. The number of methoxy groups -OCH3 is 1. The van der Waals surface area contributed by atoms with Crippen LogP contribution < -0.4 is 16.2 Å². The molecule has 0 unspecified atom stereocenters. The number of rotatable bonds is 4. The second-order valence-corrected chi connectivity index (χ2v) is 8.03. The fraction of sp³-hybridized carbons (Fsp3) is 0.105. The van der Waals surface area contributed by atoms with E-state index in [1.54, 1.807) is 18.2 Å². The number of nitrogens with zero attached hydrogens (tertiary/aromatic N) is 1. The molecule has 0 saturated carbocycles. The fourth-order valence-corrected chi connectivity index (χ4v) is 4.41. The number of nitrogens with one attached hydrogen (secondary N) is 3. The minimum absolute atomic E-state index is 0.0895. The summed E-state index contributed by atoms with van der Waals surface area (Å²) in [5.41, 5.74) is 5.79. The zero-order valence-electron chi connectivity index (χ0n) is 16.1. The lowest BCUT2D eigenvalue weighted by molar-refractivity contribution is -0.385. The van der Waals surface area contributed by atoms with E-state index in [0.29, 0.717) is 21.0 Å². The molecule has 0 fully saturated rings. The number of anilines is 1. The molecule has 1 aromatic heterocycles. The number of thiocarbonyl (C=S) groups is 1. The van der Waals surface area contributed by atoms with Gasteiger partial charge < -0.3 is 10.1 Å². The van der Waals surface area contributed by atoms with Crippen LogP contribution in [0.15, 0.2) is 36.4 Å². The number of hydrogen-bond acceptors (Lipinski definition) is 7. The van der Waals surface area contributed by atoms with Gasteiger partial charge in [-0.2, -0.15) is 0 Å². The van der Waals surface area contributed by atoms with Gasteiger partial charge in [-0.25, -0.2) is 4.79 Å². The lowest BCUT2D eigenvalue weighted by atomic mass is 10.1. The standard InChI is InChI=1S/C19H15ClN4O5S2/c1-9-11(4-3-5-13(9)24(27)28)17(25)22-23-19(30)21-10-6-7-12-14(8-10)31-16(15(12)20)18(26)29-2/h3-8H,1-2H3,(H,22,25)(H2,21,23,30). The number of hydrazine groups is 1.